The van der Waals surface area contributed by atoms with Crippen molar-refractivity contribution >= 4 is 34.9 Å². The van der Waals surface area contributed by atoms with Gasteiger partial charge in [-0.2, -0.15) is 0 Å². The summed E-state index contributed by atoms with van der Waals surface area (Å²) < 4.78 is 15.9. The fraction of sp³-hybridized carbons (Fsp3) is 0.160. The Hall–Kier alpha value is -4.04. The zero-order valence-corrected chi connectivity index (χ0v) is 19.2. The van der Waals surface area contributed by atoms with Gasteiger partial charge in [-0.15, -0.1) is 0 Å². The number of Topliss-reactive ketones (excluding diaryl/α,β-unsaturated/α-hetero) is 1. The molecule has 0 radical (unpaired) electrons. The lowest BCUT2D eigenvalue weighted by Crippen LogP contribution is -2.29. The first kappa shape index (κ1) is 23.1. The molecule has 0 unspecified atom stereocenters. The first-order valence-electron chi connectivity index (χ1n) is 10.3. The highest BCUT2D eigenvalue weighted by atomic mass is 35.5. The fourth-order valence-corrected chi connectivity index (χ4v) is 4.01. The van der Waals surface area contributed by atoms with Crippen molar-refractivity contribution in [3.05, 3.63) is 88.7 Å². The second-order valence-electron chi connectivity index (χ2n) is 7.49. The first-order valence-corrected chi connectivity index (χ1v) is 10.7. The van der Waals surface area contributed by atoms with E-state index in [4.69, 9.17) is 25.6 Å². The van der Waals surface area contributed by atoms with Gasteiger partial charge in [0.1, 0.15) is 29.6 Å². The van der Waals surface area contributed by atoms with Crippen LogP contribution in [0.25, 0.3) is 5.76 Å². The van der Waals surface area contributed by atoms with Crippen molar-refractivity contribution < 1.29 is 28.7 Å². The molecule has 174 valence electrons. The van der Waals surface area contributed by atoms with E-state index >= 15 is 0 Å². The van der Waals surface area contributed by atoms with Crippen molar-refractivity contribution in [2.75, 3.05) is 18.6 Å². The Morgan fingerprint density at radius 2 is 2.06 bits per heavy atom. The van der Waals surface area contributed by atoms with Crippen LogP contribution in [0.4, 0.5) is 5.82 Å². The fourth-order valence-electron chi connectivity index (χ4n) is 3.75. The van der Waals surface area contributed by atoms with Crippen LogP contribution in [-0.2, 0) is 9.59 Å². The van der Waals surface area contributed by atoms with Crippen LogP contribution in [-0.4, -0.2) is 35.7 Å². The number of aromatic nitrogens is 1. The molecule has 0 saturated carbocycles. The maximum absolute atomic E-state index is 13.2. The summed E-state index contributed by atoms with van der Waals surface area (Å²) in [4.78, 5) is 27.5. The van der Waals surface area contributed by atoms with Gasteiger partial charge in [-0.3, -0.25) is 14.5 Å². The molecule has 9 heteroatoms. The Labute approximate surface area is 200 Å². The predicted octanol–water partition coefficient (Wildman–Crippen LogP) is 4.84. The molecule has 1 atom stereocenters. The van der Waals surface area contributed by atoms with E-state index in [0.29, 0.717) is 22.8 Å². The molecule has 1 fully saturated rings. The van der Waals surface area contributed by atoms with E-state index in [-0.39, 0.29) is 34.3 Å². The number of nitrogens with zero attached hydrogens (tertiary/aromatic N) is 2. The standard InChI is InChI=1S/C25H21ClN2O6/c1-4-10-33-17-7-5-6-15(12-17)22-21(23(29)16-8-9-19(32-3)18(26)13-16)24(30)25(31)28(22)20-11-14(2)34-27-20/h4-9,11-13,22,29H,1,10H2,2-3H3/b23-21+/t22-/m1/s1. The highest BCUT2D eigenvalue weighted by Gasteiger charge is 2.48. The maximum Gasteiger partial charge on any atom is 0.301 e. The van der Waals surface area contributed by atoms with Gasteiger partial charge in [0.05, 0.1) is 23.7 Å². The van der Waals surface area contributed by atoms with Gasteiger partial charge < -0.3 is 19.1 Å². The lowest BCUT2D eigenvalue weighted by Gasteiger charge is -2.23. The number of rotatable bonds is 7. The summed E-state index contributed by atoms with van der Waals surface area (Å²) >= 11 is 6.23. The molecule has 3 aromatic rings. The second-order valence-corrected chi connectivity index (χ2v) is 7.89. The lowest BCUT2D eigenvalue weighted by atomic mass is 9.95. The molecule has 1 saturated heterocycles. The number of hydrogen-bond acceptors (Lipinski definition) is 7. The van der Waals surface area contributed by atoms with Crippen molar-refractivity contribution in [3.8, 4) is 11.5 Å². The van der Waals surface area contributed by atoms with E-state index in [2.05, 4.69) is 11.7 Å². The van der Waals surface area contributed by atoms with Crippen molar-refractivity contribution in [1.29, 1.82) is 0 Å². The van der Waals surface area contributed by atoms with Crippen molar-refractivity contribution in [2.24, 2.45) is 0 Å². The minimum atomic E-state index is -0.988. The summed E-state index contributed by atoms with van der Waals surface area (Å²) in [6.45, 7) is 5.58. The summed E-state index contributed by atoms with van der Waals surface area (Å²) in [5, 5.41) is 15.4. The van der Waals surface area contributed by atoms with E-state index in [1.807, 2.05) is 0 Å². The summed E-state index contributed by atoms with van der Waals surface area (Å²) in [7, 11) is 1.47. The van der Waals surface area contributed by atoms with Gasteiger partial charge in [-0.1, -0.05) is 41.5 Å². The van der Waals surface area contributed by atoms with Gasteiger partial charge >= 0.3 is 5.91 Å². The molecule has 1 N–H and O–H groups in total. The third kappa shape index (κ3) is 4.15. The molecular formula is C25H21ClN2O6. The van der Waals surface area contributed by atoms with Gasteiger partial charge in [0.25, 0.3) is 5.78 Å². The van der Waals surface area contributed by atoms with Gasteiger partial charge in [0.15, 0.2) is 5.82 Å². The number of aliphatic hydroxyl groups is 1. The zero-order valence-electron chi connectivity index (χ0n) is 18.4. The molecule has 8 nitrogen and oxygen atoms in total. The molecule has 34 heavy (non-hydrogen) atoms. The average molecular weight is 481 g/mol. The lowest BCUT2D eigenvalue weighted by molar-refractivity contribution is -0.132. The summed E-state index contributed by atoms with van der Waals surface area (Å²) in [6, 6.07) is 12.0. The monoisotopic (exact) mass is 480 g/mol. The quantitative estimate of drug-likeness (QED) is 0.223. The van der Waals surface area contributed by atoms with E-state index in [1.165, 1.54) is 18.1 Å². The van der Waals surface area contributed by atoms with Crippen LogP contribution in [0, 0.1) is 6.92 Å². The highest BCUT2D eigenvalue weighted by molar-refractivity contribution is 6.51. The molecule has 1 aliphatic rings. The first-order chi connectivity index (χ1) is 16.3. The number of benzene rings is 2. The molecule has 0 spiro atoms. The maximum atomic E-state index is 13.2. The Bertz CT molecular complexity index is 1310. The van der Waals surface area contributed by atoms with Gasteiger partial charge in [0, 0.05) is 11.6 Å². The third-order valence-corrected chi connectivity index (χ3v) is 5.57. The number of aryl methyl sites for hydroxylation is 1. The highest BCUT2D eigenvalue weighted by Crippen LogP contribution is 2.43. The number of amides is 1. The average Bonchev–Trinajstić information content (AvgIpc) is 3.37. The van der Waals surface area contributed by atoms with Crippen LogP contribution >= 0.6 is 11.6 Å². The predicted molar refractivity (Wildman–Crippen MR) is 126 cm³/mol. The number of halogens is 1. The minimum absolute atomic E-state index is 0.118. The molecule has 2 aromatic carbocycles. The molecule has 4 rings (SSSR count). The molecular weight excluding hydrogens is 460 g/mol. The number of anilines is 1. The summed E-state index contributed by atoms with van der Waals surface area (Å²) in [5.41, 5.74) is 0.666. The van der Waals surface area contributed by atoms with Crippen LogP contribution in [0.15, 0.2) is 71.3 Å². The number of hydrogen-bond donors (Lipinski definition) is 1. The molecule has 0 bridgehead atoms. The second kappa shape index (κ2) is 9.44. The number of methoxy groups -OCH3 is 1. The molecule has 0 aliphatic carbocycles. The van der Waals surface area contributed by atoms with E-state index < -0.39 is 17.7 Å². The number of ketones is 1. The van der Waals surface area contributed by atoms with Crippen LogP contribution in [0.5, 0.6) is 11.5 Å². The number of aliphatic hydroxyl groups excluding tert-OH is 1. The molecule has 1 aliphatic heterocycles. The largest absolute Gasteiger partial charge is 0.507 e. The van der Waals surface area contributed by atoms with Crippen molar-refractivity contribution in [1.82, 2.24) is 5.16 Å². The normalized spacial score (nSPS) is 17.1. The van der Waals surface area contributed by atoms with Crippen LogP contribution < -0.4 is 14.4 Å². The van der Waals surface area contributed by atoms with Crippen molar-refractivity contribution in [2.45, 2.75) is 13.0 Å². The number of ether oxygens (including phenoxy) is 2. The van der Waals surface area contributed by atoms with Crippen LogP contribution in [0.3, 0.4) is 0 Å². The molecule has 2 heterocycles. The van der Waals surface area contributed by atoms with Gasteiger partial charge in [-0.05, 0) is 42.8 Å². The SMILES string of the molecule is C=CCOc1cccc([C@@H]2/C(=C(\O)c3ccc(OC)c(Cl)c3)C(=O)C(=O)N2c2cc(C)on2)c1. The van der Waals surface area contributed by atoms with E-state index in [1.54, 1.807) is 55.5 Å². The third-order valence-electron chi connectivity index (χ3n) is 5.27. The Morgan fingerprint density at radius 3 is 2.71 bits per heavy atom. The van der Waals surface area contributed by atoms with E-state index in [9.17, 15) is 14.7 Å². The van der Waals surface area contributed by atoms with E-state index in [0.717, 1.165) is 0 Å². The van der Waals surface area contributed by atoms with Crippen LogP contribution in [0.2, 0.25) is 5.02 Å². The number of carbonyl (C=O) groups excluding carboxylic acids is 2. The zero-order chi connectivity index (χ0) is 24.4. The summed E-state index contributed by atoms with van der Waals surface area (Å²) in [5.74, 6) is -0.584. The van der Waals surface area contributed by atoms with Gasteiger partial charge in [0.2, 0.25) is 0 Å². The number of carbonyl (C=O) groups is 2. The molecule has 1 aromatic heterocycles. The Balaban J connectivity index is 1.91. The smallest absolute Gasteiger partial charge is 0.301 e. The van der Waals surface area contributed by atoms with Crippen LogP contribution in [0.1, 0.15) is 22.9 Å². The molecule has 1 amide bonds. The minimum Gasteiger partial charge on any atom is -0.507 e. The Kier molecular flexibility index (Phi) is 6.43. The van der Waals surface area contributed by atoms with Gasteiger partial charge in [-0.25, -0.2) is 0 Å². The summed E-state index contributed by atoms with van der Waals surface area (Å²) in [6.07, 6.45) is 1.60. The Morgan fingerprint density at radius 1 is 1.26 bits per heavy atom. The topological polar surface area (TPSA) is 102 Å². The van der Waals surface area contributed by atoms with Crippen molar-refractivity contribution in [3.63, 3.8) is 0 Å².